The molecule has 2 aliphatic rings. The standard InChI is InChI=1S/C22H24N6O2/c1-27-20(29)18-17(6-5-15-3-2-4-16(23)13-15)25-26-19(18)24-21(27)28-10-7-22(8-11-28)9-12-30-14-22/h2-4,13H,7-12,14,23H2,1H3,(H,25,26). The first-order valence-electron chi connectivity index (χ1n) is 10.2. The van der Waals surface area contributed by atoms with Crippen LogP contribution in [0.25, 0.3) is 11.0 Å². The molecule has 0 saturated carbocycles. The maximum atomic E-state index is 13.1. The van der Waals surface area contributed by atoms with Crippen molar-refractivity contribution in [3.63, 3.8) is 0 Å². The number of fused-ring (bicyclic) bond motifs is 1. The third kappa shape index (κ3) is 3.21. The number of H-pyrrole nitrogens is 1. The molecule has 1 spiro atoms. The Kier molecular flexibility index (Phi) is 4.48. The summed E-state index contributed by atoms with van der Waals surface area (Å²) in [5, 5.41) is 7.53. The third-order valence-corrected chi connectivity index (χ3v) is 6.28. The van der Waals surface area contributed by atoms with Crippen LogP contribution in [0.5, 0.6) is 0 Å². The van der Waals surface area contributed by atoms with Crippen molar-refractivity contribution in [1.29, 1.82) is 0 Å². The monoisotopic (exact) mass is 404 g/mol. The van der Waals surface area contributed by atoms with Crippen molar-refractivity contribution in [2.75, 3.05) is 36.9 Å². The fourth-order valence-corrected chi connectivity index (χ4v) is 4.40. The summed E-state index contributed by atoms with van der Waals surface area (Å²) in [5.41, 5.74) is 8.23. The molecule has 0 bridgehead atoms. The Labute approximate surface area is 174 Å². The van der Waals surface area contributed by atoms with E-state index in [1.165, 1.54) is 0 Å². The van der Waals surface area contributed by atoms with Gasteiger partial charge < -0.3 is 15.4 Å². The topological polar surface area (TPSA) is 102 Å². The van der Waals surface area contributed by atoms with E-state index in [4.69, 9.17) is 15.5 Å². The Morgan fingerprint density at radius 3 is 2.80 bits per heavy atom. The van der Waals surface area contributed by atoms with Crippen LogP contribution in [-0.4, -0.2) is 46.1 Å². The molecule has 0 radical (unpaired) electrons. The molecule has 2 fully saturated rings. The van der Waals surface area contributed by atoms with Gasteiger partial charge in [-0.15, -0.1) is 0 Å². The Morgan fingerprint density at radius 2 is 2.07 bits per heavy atom. The second-order valence-electron chi connectivity index (χ2n) is 8.24. The molecule has 8 heteroatoms. The lowest BCUT2D eigenvalue weighted by atomic mass is 9.78. The first-order chi connectivity index (χ1) is 14.5. The van der Waals surface area contributed by atoms with Crippen LogP contribution in [0.4, 0.5) is 11.6 Å². The number of nitrogens with two attached hydrogens (primary N) is 1. The number of nitrogens with one attached hydrogen (secondary N) is 1. The maximum Gasteiger partial charge on any atom is 0.267 e. The van der Waals surface area contributed by atoms with Gasteiger partial charge in [0.15, 0.2) is 11.3 Å². The summed E-state index contributed by atoms with van der Waals surface area (Å²) in [7, 11) is 1.76. The summed E-state index contributed by atoms with van der Waals surface area (Å²) in [5.74, 6) is 6.67. The van der Waals surface area contributed by atoms with E-state index in [0.717, 1.165) is 51.1 Å². The number of piperidine rings is 1. The molecule has 2 aromatic heterocycles. The van der Waals surface area contributed by atoms with E-state index in [2.05, 4.69) is 26.9 Å². The number of aromatic nitrogens is 4. The molecule has 154 valence electrons. The van der Waals surface area contributed by atoms with Gasteiger partial charge in [0.05, 0.1) is 6.61 Å². The van der Waals surface area contributed by atoms with Crippen LogP contribution in [0.15, 0.2) is 29.1 Å². The summed E-state index contributed by atoms with van der Waals surface area (Å²) in [6, 6.07) is 7.30. The molecule has 3 N–H and O–H groups in total. The lowest BCUT2D eigenvalue weighted by Crippen LogP contribution is -2.43. The second kappa shape index (κ2) is 7.18. The van der Waals surface area contributed by atoms with Crippen molar-refractivity contribution in [3.8, 4) is 11.8 Å². The molecule has 0 amide bonds. The predicted molar refractivity (Wildman–Crippen MR) is 115 cm³/mol. The normalized spacial score (nSPS) is 18.0. The number of ether oxygens (including phenoxy) is 1. The van der Waals surface area contributed by atoms with Crippen LogP contribution in [0, 0.1) is 17.3 Å². The van der Waals surface area contributed by atoms with E-state index < -0.39 is 0 Å². The minimum atomic E-state index is -0.148. The molecule has 2 saturated heterocycles. The SMILES string of the molecule is Cn1c(N2CCC3(CCOC3)CC2)nc2[nH]nc(C#Cc3cccc(N)c3)c2c1=O. The molecule has 0 atom stereocenters. The van der Waals surface area contributed by atoms with Crippen molar-refractivity contribution < 1.29 is 4.74 Å². The fraction of sp³-hybridized carbons (Fsp3) is 0.409. The van der Waals surface area contributed by atoms with Crippen molar-refractivity contribution in [2.45, 2.75) is 19.3 Å². The number of anilines is 2. The van der Waals surface area contributed by atoms with Gasteiger partial charge in [-0.1, -0.05) is 12.0 Å². The maximum absolute atomic E-state index is 13.1. The molecule has 2 aliphatic heterocycles. The highest BCUT2D eigenvalue weighted by atomic mass is 16.5. The Morgan fingerprint density at radius 1 is 1.23 bits per heavy atom. The molecule has 4 heterocycles. The number of aromatic amines is 1. The minimum Gasteiger partial charge on any atom is -0.399 e. The summed E-state index contributed by atoms with van der Waals surface area (Å²) in [6.07, 6.45) is 3.24. The number of rotatable bonds is 1. The van der Waals surface area contributed by atoms with Crippen LogP contribution in [0.2, 0.25) is 0 Å². The van der Waals surface area contributed by atoms with Gasteiger partial charge in [0.25, 0.3) is 5.56 Å². The first-order valence-corrected chi connectivity index (χ1v) is 10.2. The zero-order chi connectivity index (χ0) is 20.7. The lowest BCUT2D eigenvalue weighted by Gasteiger charge is -2.39. The average molecular weight is 404 g/mol. The largest absolute Gasteiger partial charge is 0.399 e. The van der Waals surface area contributed by atoms with Gasteiger partial charge in [0, 0.05) is 38.0 Å². The number of nitrogens with zero attached hydrogens (tertiary/aromatic N) is 4. The third-order valence-electron chi connectivity index (χ3n) is 6.28. The molecule has 0 unspecified atom stereocenters. The molecule has 3 aromatic rings. The van der Waals surface area contributed by atoms with Gasteiger partial charge in [-0.25, -0.2) is 0 Å². The quantitative estimate of drug-likeness (QED) is 0.472. The minimum absolute atomic E-state index is 0.148. The van der Waals surface area contributed by atoms with E-state index in [1.54, 1.807) is 23.7 Å². The average Bonchev–Trinajstić information content (AvgIpc) is 3.37. The van der Waals surface area contributed by atoms with Crippen LogP contribution in [-0.2, 0) is 11.8 Å². The molecule has 0 aliphatic carbocycles. The summed E-state index contributed by atoms with van der Waals surface area (Å²) in [4.78, 5) is 20.0. The van der Waals surface area contributed by atoms with E-state index in [-0.39, 0.29) is 5.56 Å². The highest BCUT2D eigenvalue weighted by Gasteiger charge is 2.38. The molecule has 30 heavy (non-hydrogen) atoms. The zero-order valence-electron chi connectivity index (χ0n) is 16.9. The first kappa shape index (κ1) is 18.7. The fourth-order valence-electron chi connectivity index (χ4n) is 4.40. The Bertz CT molecular complexity index is 1220. The van der Waals surface area contributed by atoms with Crippen molar-refractivity contribution in [1.82, 2.24) is 19.7 Å². The number of benzene rings is 1. The smallest absolute Gasteiger partial charge is 0.267 e. The molecule has 5 rings (SSSR count). The molecular formula is C22H24N6O2. The lowest BCUT2D eigenvalue weighted by molar-refractivity contribution is 0.133. The van der Waals surface area contributed by atoms with Gasteiger partial charge >= 0.3 is 0 Å². The molecule has 1 aromatic carbocycles. The number of hydrogen-bond acceptors (Lipinski definition) is 6. The summed E-state index contributed by atoms with van der Waals surface area (Å²) < 4.78 is 7.22. The van der Waals surface area contributed by atoms with Gasteiger partial charge in [0.1, 0.15) is 5.39 Å². The molecule has 8 nitrogen and oxygen atoms in total. The Balaban J connectivity index is 1.46. The van der Waals surface area contributed by atoms with Crippen molar-refractivity contribution in [3.05, 3.63) is 45.9 Å². The van der Waals surface area contributed by atoms with Crippen LogP contribution in [0.1, 0.15) is 30.5 Å². The van der Waals surface area contributed by atoms with Gasteiger partial charge in [-0.2, -0.15) is 10.1 Å². The van der Waals surface area contributed by atoms with Crippen LogP contribution in [0.3, 0.4) is 0 Å². The highest BCUT2D eigenvalue weighted by molar-refractivity contribution is 5.81. The van der Waals surface area contributed by atoms with E-state index in [1.807, 2.05) is 12.1 Å². The molecular weight excluding hydrogens is 380 g/mol. The summed E-state index contributed by atoms with van der Waals surface area (Å²) >= 11 is 0. The number of hydrogen-bond donors (Lipinski definition) is 2. The zero-order valence-corrected chi connectivity index (χ0v) is 16.9. The van der Waals surface area contributed by atoms with Crippen molar-refractivity contribution >= 4 is 22.7 Å². The predicted octanol–water partition coefficient (Wildman–Crippen LogP) is 1.65. The van der Waals surface area contributed by atoms with Gasteiger partial charge in [-0.05, 0) is 48.8 Å². The summed E-state index contributed by atoms with van der Waals surface area (Å²) in [6.45, 7) is 3.44. The second-order valence-corrected chi connectivity index (χ2v) is 8.24. The van der Waals surface area contributed by atoms with E-state index >= 15 is 0 Å². The Hall–Kier alpha value is -3.31. The van der Waals surface area contributed by atoms with Crippen LogP contribution >= 0.6 is 0 Å². The van der Waals surface area contributed by atoms with E-state index in [9.17, 15) is 4.79 Å². The number of nitrogen functional groups attached to an aromatic ring is 1. The van der Waals surface area contributed by atoms with Crippen LogP contribution < -0.4 is 16.2 Å². The highest BCUT2D eigenvalue weighted by Crippen LogP contribution is 2.39. The van der Waals surface area contributed by atoms with Crippen molar-refractivity contribution in [2.24, 2.45) is 12.5 Å². The van der Waals surface area contributed by atoms with E-state index in [0.29, 0.717) is 33.8 Å². The van der Waals surface area contributed by atoms with Gasteiger partial charge in [0.2, 0.25) is 5.95 Å². The van der Waals surface area contributed by atoms with Gasteiger partial charge in [-0.3, -0.25) is 14.5 Å².